The van der Waals surface area contributed by atoms with Gasteiger partial charge in [0.05, 0.1) is 6.20 Å². The van der Waals surface area contributed by atoms with Crippen molar-refractivity contribution in [3.63, 3.8) is 0 Å². The number of nitrogens with one attached hydrogen (secondary N) is 1. The summed E-state index contributed by atoms with van der Waals surface area (Å²) in [6.07, 6.45) is 0.733. The van der Waals surface area contributed by atoms with Crippen LogP contribution in [0.3, 0.4) is 0 Å². The number of carboxylic acid groups (broad SMARTS) is 1. The standard InChI is InChI=1S/C13H13N3O4/c17-12(18)8-16-11(6-7-14-16)15-13(19)20-9-10-4-2-1-3-5-10/h1-7H,8-9H2,(H,15,19)(H,17,18). The van der Waals surface area contributed by atoms with E-state index in [2.05, 4.69) is 10.4 Å². The SMILES string of the molecule is O=C(O)Cn1nccc1NC(=O)OCc1ccccc1. The van der Waals surface area contributed by atoms with Crippen LogP contribution in [0, 0.1) is 0 Å². The van der Waals surface area contributed by atoms with Crippen LogP contribution in [0.25, 0.3) is 0 Å². The maximum Gasteiger partial charge on any atom is 0.413 e. The van der Waals surface area contributed by atoms with Crippen LogP contribution in [0.15, 0.2) is 42.6 Å². The Bertz CT molecular complexity index is 595. The predicted octanol–water partition coefficient (Wildman–Crippen LogP) is 1.72. The summed E-state index contributed by atoms with van der Waals surface area (Å²) in [6.45, 7) is -0.193. The van der Waals surface area contributed by atoms with Crippen LogP contribution >= 0.6 is 0 Å². The lowest BCUT2D eigenvalue weighted by atomic mass is 10.2. The summed E-state index contributed by atoms with van der Waals surface area (Å²) in [7, 11) is 0. The van der Waals surface area contributed by atoms with Crippen molar-refractivity contribution in [3.8, 4) is 0 Å². The Labute approximate surface area is 114 Å². The summed E-state index contributed by atoms with van der Waals surface area (Å²) in [5.41, 5.74) is 0.863. The zero-order chi connectivity index (χ0) is 14.4. The van der Waals surface area contributed by atoms with Crippen LogP contribution in [0.5, 0.6) is 0 Å². The molecule has 0 aliphatic rings. The van der Waals surface area contributed by atoms with Crippen molar-refractivity contribution in [1.29, 1.82) is 0 Å². The number of hydrogen-bond acceptors (Lipinski definition) is 4. The van der Waals surface area contributed by atoms with Crippen molar-refractivity contribution < 1.29 is 19.4 Å². The van der Waals surface area contributed by atoms with Gasteiger partial charge in [0.15, 0.2) is 0 Å². The smallest absolute Gasteiger partial charge is 0.413 e. The molecule has 0 unspecified atom stereocenters. The molecule has 0 aliphatic heterocycles. The van der Waals surface area contributed by atoms with E-state index in [9.17, 15) is 9.59 Å². The molecular formula is C13H13N3O4. The Balaban J connectivity index is 1.88. The highest BCUT2D eigenvalue weighted by molar-refractivity contribution is 5.83. The van der Waals surface area contributed by atoms with Gasteiger partial charge in [0.2, 0.25) is 0 Å². The molecular weight excluding hydrogens is 262 g/mol. The number of aliphatic carboxylic acids is 1. The van der Waals surface area contributed by atoms with Gasteiger partial charge in [-0.1, -0.05) is 30.3 Å². The van der Waals surface area contributed by atoms with Crippen molar-refractivity contribution >= 4 is 17.9 Å². The molecule has 0 aliphatic carbocycles. The van der Waals surface area contributed by atoms with Crippen LogP contribution in [0.4, 0.5) is 10.6 Å². The van der Waals surface area contributed by atoms with E-state index in [0.717, 1.165) is 10.2 Å². The molecule has 0 spiro atoms. The average Bonchev–Trinajstić information content (AvgIpc) is 2.84. The zero-order valence-electron chi connectivity index (χ0n) is 10.5. The van der Waals surface area contributed by atoms with Crippen LogP contribution in [0.1, 0.15) is 5.56 Å². The fourth-order valence-corrected chi connectivity index (χ4v) is 1.56. The molecule has 20 heavy (non-hydrogen) atoms. The van der Waals surface area contributed by atoms with E-state index in [4.69, 9.17) is 9.84 Å². The molecule has 1 amide bonds. The number of amides is 1. The molecule has 2 N–H and O–H groups in total. The van der Waals surface area contributed by atoms with Gasteiger partial charge in [0.25, 0.3) is 0 Å². The largest absolute Gasteiger partial charge is 0.480 e. The highest BCUT2D eigenvalue weighted by Crippen LogP contribution is 2.07. The molecule has 104 valence electrons. The fraction of sp³-hybridized carbons (Fsp3) is 0.154. The van der Waals surface area contributed by atoms with E-state index >= 15 is 0 Å². The number of hydrogen-bond donors (Lipinski definition) is 2. The monoisotopic (exact) mass is 275 g/mol. The summed E-state index contributed by atoms with van der Waals surface area (Å²) in [5.74, 6) is -0.778. The Morgan fingerprint density at radius 3 is 2.70 bits per heavy atom. The van der Waals surface area contributed by atoms with E-state index in [1.807, 2.05) is 30.3 Å². The van der Waals surface area contributed by atoms with Gasteiger partial charge in [-0.2, -0.15) is 5.10 Å². The molecule has 2 rings (SSSR count). The predicted molar refractivity (Wildman–Crippen MR) is 70.1 cm³/mol. The second-order valence-corrected chi connectivity index (χ2v) is 3.95. The molecule has 1 aromatic carbocycles. The molecule has 1 aromatic heterocycles. The van der Waals surface area contributed by atoms with Crippen LogP contribution in [0.2, 0.25) is 0 Å². The first-order chi connectivity index (χ1) is 9.65. The first kappa shape index (κ1) is 13.6. The Morgan fingerprint density at radius 1 is 1.25 bits per heavy atom. The lowest BCUT2D eigenvalue weighted by molar-refractivity contribution is -0.137. The number of rotatable bonds is 5. The number of anilines is 1. The van der Waals surface area contributed by atoms with Gasteiger partial charge < -0.3 is 9.84 Å². The minimum Gasteiger partial charge on any atom is -0.480 e. The topological polar surface area (TPSA) is 93.5 Å². The lowest BCUT2D eigenvalue weighted by Crippen LogP contribution is -2.19. The molecule has 0 saturated carbocycles. The first-order valence-electron chi connectivity index (χ1n) is 5.86. The van der Waals surface area contributed by atoms with Crippen molar-refractivity contribution in [3.05, 3.63) is 48.2 Å². The lowest BCUT2D eigenvalue weighted by Gasteiger charge is -2.08. The molecule has 0 atom stereocenters. The molecule has 7 nitrogen and oxygen atoms in total. The van der Waals surface area contributed by atoms with E-state index in [1.54, 1.807) is 0 Å². The van der Waals surface area contributed by atoms with Crippen LogP contribution in [-0.4, -0.2) is 26.9 Å². The molecule has 0 radical (unpaired) electrons. The minimum absolute atomic E-state index is 0.139. The molecule has 0 bridgehead atoms. The molecule has 0 fully saturated rings. The third kappa shape index (κ3) is 3.84. The number of nitrogens with zero attached hydrogens (tertiary/aromatic N) is 2. The number of carbonyl (C=O) groups excluding carboxylic acids is 1. The van der Waals surface area contributed by atoms with Crippen molar-refractivity contribution in [1.82, 2.24) is 9.78 Å². The summed E-state index contributed by atoms with van der Waals surface area (Å²) < 4.78 is 6.18. The van der Waals surface area contributed by atoms with Gasteiger partial charge in [-0.05, 0) is 5.56 Å². The molecule has 0 saturated heterocycles. The maximum atomic E-state index is 11.6. The van der Waals surface area contributed by atoms with E-state index < -0.39 is 12.1 Å². The van der Waals surface area contributed by atoms with Crippen molar-refractivity contribution in [2.75, 3.05) is 5.32 Å². The van der Waals surface area contributed by atoms with Gasteiger partial charge in [-0.15, -0.1) is 0 Å². The summed E-state index contributed by atoms with van der Waals surface area (Å²) in [4.78, 5) is 22.2. The molecule has 7 heteroatoms. The molecule has 1 heterocycles. The highest BCUT2D eigenvalue weighted by atomic mass is 16.5. The van der Waals surface area contributed by atoms with Gasteiger partial charge in [0.1, 0.15) is 19.0 Å². The van der Waals surface area contributed by atoms with Crippen LogP contribution in [-0.2, 0) is 22.7 Å². The summed E-state index contributed by atoms with van der Waals surface area (Å²) in [5, 5.41) is 14.9. The Morgan fingerprint density at radius 2 is 2.00 bits per heavy atom. The van der Waals surface area contributed by atoms with Crippen LogP contribution < -0.4 is 5.32 Å². The quantitative estimate of drug-likeness (QED) is 0.866. The third-order valence-corrected chi connectivity index (χ3v) is 2.44. The van der Waals surface area contributed by atoms with Crippen molar-refractivity contribution in [2.45, 2.75) is 13.2 Å². The van der Waals surface area contributed by atoms with Gasteiger partial charge >= 0.3 is 12.1 Å². The average molecular weight is 275 g/mol. The first-order valence-corrected chi connectivity index (χ1v) is 5.86. The number of benzene rings is 1. The Hall–Kier alpha value is -2.83. The van der Waals surface area contributed by atoms with Gasteiger partial charge in [0, 0.05) is 6.07 Å². The second-order valence-electron chi connectivity index (χ2n) is 3.95. The number of carbonyl (C=O) groups is 2. The number of aromatic nitrogens is 2. The van der Waals surface area contributed by atoms with E-state index in [1.165, 1.54) is 12.3 Å². The van der Waals surface area contributed by atoms with E-state index in [-0.39, 0.29) is 19.0 Å². The highest BCUT2D eigenvalue weighted by Gasteiger charge is 2.10. The number of carboxylic acids is 1. The fourth-order valence-electron chi connectivity index (χ4n) is 1.56. The molecule has 2 aromatic rings. The van der Waals surface area contributed by atoms with Crippen molar-refractivity contribution in [2.24, 2.45) is 0 Å². The van der Waals surface area contributed by atoms with Gasteiger partial charge in [-0.3, -0.25) is 10.1 Å². The van der Waals surface area contributed by atoms with Gasteiger partial charge in [-0.25, -0.2) is 9.48 Å². The minimum atomic E-state index is -1.05. The second kappa shape index (κ2) is 6.37. The summed E-state index contributed by atoms with van der Waals surface area (Å²) in [6, 6.07) is 10.7. The summed E-state index contributed by atoms with van der Waals surface area (Å²) >= 11 is 0. The zero-order valence-corrected chi connectivity index (χ0v) is 10.5. The Kier molecular flexibility index (Phi) is 4.33. The van der Waals surface area contributed by atoms with E-state index in [0.29, 0.717) is 0 Å². The number of ether oxygens (including phenoxy) is 1. The maximum absolute atomic E-state index is 11.6. The normalized spacial score (nSPS) is 10.0. The third-order valence-electron chi connectivity index (χ3n) is 2.44.